The summed E-state index contributed by atoms with van der Waals surface area (Å²) in [6.07, 6.45) is 1.48. The second kappa shape index (κ2) is 6.99. The summed E-state index contributed by atoms with van der Waals surface area (Å²) in [5.41, 5.74) is 2.23. The molecule has 0 aliphatic heterocycles. The van der Waals surface area contributed by atoms with E-state index in [9.17, 15) is 9.59 Å². The van der Waals surface area contributed by atoms with Crippen LogP contribution in [0.2, 0.25) is 0 Å². The predicted molar refractivity (Wildman–Crippen MR) is 96.5 cm³/mol. The van der Waals surface area contributed by atoms with Gasteiger partial charge in [0.2, 0.25) is 0 Å². The molecule has 8 nitrogen and oxygen atoms in total. The fourth-order valence-electron chi connectivity index (χ4n) is 2.63. The molecular weight excluding hydrogens is 336 g/mol. The molecule has 0 aliphatic rings. The van der Waals surface area contributed by atoms with Gasteiger partial charge in [0.15, 0.2) is 12.4 Å². The van der Waals surface area contributed by atoms with Crippen LogP contribution in [0.1, 0.15) is 23.6 Å². The van der Waals surface area contributed by atoms with Crippen molar-refractivity contribution in [3.63, 3.8) is 0 Å². The van der Waals surface area contributed by atoms with Crippen molar-refractivity contribution in [1.82, 2.24) is 15.0 Å². The SMILES string of the molecule is CCn1ncc(NC(=O)COc2cc(C)cc3oc(=O)c(C)c(C)c23)n1. The number of hydrogen-bond acceptors (Lipinski definition) is 6. The molecule has 0 radical (unpaired) electrons. The minimum Gasteiger partial charge on any atom is -0.483 e. The van der Waals surface area contributed by atoms with E-state index >= 15 is 0 Å². The van der Waals surface area contributed by atoms with E-state index in [4.69, 9.17) is 9.15 Å². The van der Waals surface area contributed by atoms with Gasteiger partial charge in [0.05, 0.1) is 18.1 Å². The van der Waals surface area contributed by atoms with Crippen LogP contribution in [0.3, 0.4) is 0 Å². The second-order valence-corrected chi connectivity index (χ2v) is 6.03. The summed E-state index contributed by atoms with van der Waals surface area (Å²) < 4.78 is 11.1. The zero-order valence-corrected chi connectivity index (χ0v) is 15.1. The third kappa shape index (κ3) is 3.44. The zero-order chi connectivity index (χ0) is 18.8. The van der Waals surface area contributed by atoms with E-state index in [1.807, 2.05) is 26.8 Å². The van der Waals surface area contributed by atoms with Crippen LogP contribution in [-0.4, -0.2) is 27.5 Å². The molecule has 0 spiro atoms. The van der Waals surface area contributed by atoms with Crippen molar-refractivity contribution in [3.8, 4) is 5.75 Å². The lowest BCUT2D eigenvalue weighted by molar-refractivity contribution is -0.118. The standard InChI is InChI=1S/C18H20N4O4/c1-5-22-19-8-15(21-22)20-16(23)9-25-13-6-10(2)7-14-17(13)11(3)12(4)18(24)26-14/h6-8H,5,9H2,1-4H3,(H,20,21,23). The molecular formula is C18H20N4O4. The number of aromatic nitrogens is 3. The molecule has 1 aromatic carbocycles. The Morgan fingerprint density at radius 2 is 2.04 bits per heavy atom. The quantitative estimate of drug-likeness (QED) is 0.705. The van der Waals surface area contributed by atoms with Gasteiger partial charge in [-0.1, -0.05) is 0 Å². The van der Waals surface area contributed by atoms with Crippen LogP contribution < -0.4 is 15.7 Å². The molecule has 2 aromatic heterocycles. The smallest absolute Gasteiger partial charge is 0.339 e. The number of amides is 1. The summed E-state index contributed by atoms with van der Waals surface area (Å²) in [6, 6.07) is 3.59. The number of fused-ring (bicyclic) bond motifs is 1. The lowest BCUT2D eigenvalue weighted by Crippen LogP contribution is -2.21. The van der Waals surface area contributed by atoms with Gasteiger partial charge in [-0.3, -0.25) is 4.79 Å². The van der Waals surface area contributed by atoms with Crippen LogP contribution in [0.25, 0.3) is 11.0 Å². The highest BCUT2D eigenvalue weighted by molar-refractivity contribution is 5.92. The normalized spacial score (nSPS) is 10.9. The molecule has 136 valence electrons. The third-order valence-electron chi connectivity index (χ3n) is 4.10. The minimum absolute atomic E-state index is 0.199. The molecule has 3 aromatic rings. The van der Waals surface area contributed by atoms with E-state index in [-0.39, 0.29) is 18.1 Å². The van der Waals surface area contributed by atoms with Gasteiger partial charge >= 0.3 is 5.63 Å². The van der Waals surface area contributed by atoms with Crippen molar-refractivity contribution in [2.24, 2.45) is 0 Å². The topological polar surface area (TPSA) is 99.3 Å². The number of nitrogens with one attached hydrogen (secondary N) is 1. The molecule has 0 unspecified atom stereocenters. The maximum atomic E-state index is 12.1. The van der Waals surface area contributed by atoms with Crippen LogP contribution in [0.15, 0.2) is 27.5 Å². The Labute approximate surface area is 149 Å². The number of benzene rings is 1. The van der Waals surface area contributed by atoms with Gasteiger partial charge in [-0.25, -0.2) is 4.79 Å². The molecule has 8 heteroatoms. The first kappa shape index (κ1) is 17.7. The molecule has 0 fully saturated rings. The molecule has 3 rings (SSSR count). The van der Waals surface area contributed by atoms with Gasteiger partial charge < -0.3 is 14.5 Å². The van der Waals surface area contributed by atoms with Crippen molar-refractivity contribution in [1.29, 1.82) is 0 Å². The van der Waals surface area contributed by atoms with E-state index in [2.05, 4.69) is 15.5 Å². The summed E-state index contributed by atoms with van der Waals surface area (Å²) in [6.45, 7) is 7.72. The summed E-state index contributed by atoms with van der Waals surface area (Å²) in [5, 5.41) is 11.4. The lowest BCUT2D eigenvalue weighted by Gasteiger charge is -2.12. The van der Waals surface area contributed by atoms with Crippen LogP contribution in [-0.2, 0) is 11.3 Å². The Hall–Kier alpha value is -3.16. The van der Waals surface area contributed by atoms with Gasteiger partial charge in [0, 0.05) is 5.56 Å². The lowest BCUT2D eigenvalue weighted by atomic mass is 10.0. The minimum atomic E-state index is -0.372. The highest BCUT2D eigenvalue weighted by atomic mass is 16.5. The molecule has 2 heterocycles. The first-order valence-electron chi connectivity index (χ1n) is 8.26. The van der Waals surface area contributed by atoms with Gasteiger partial charge in [-0.2, -0.15) is 9.90 Å². The van der Waals surface area contributed by atoms with Crippen molar-refractivity contribution >= 4 is 22.7 Å². The fourth-order valence-corrected chi connectivity index (χ4v) is 2.63. The van der Waals surface area contributed by atoms with E-state index < -0.39 is 0 Å². The Bertz CT molecular complexity index is 1040. The number of ether oxygens (including phenoxy) is 1. The highest BCUT2D eigenvalue weighted by Gasteiger charge is 2.15. The van der Waals surface area contributed by atoms with E-state index in [1.165, 1.54) is 11.0 Å². The average molecular weight is 356 g/mol. The molecule has 1 N–H and O–H groups in total. The summed E-state index contributed by atoms with van der Waals surface area (Å²) in [7, 11) is 0. The third-order valence-corrected chi connectivity index (χ3v) is 4.10. The maximum Gasteiger partial charge on any atom is 0.339 e. The van der Waals surface area contributed by atoms with Crippen LogP contribution in [0.5, 0.6) is 5.75 Å². The van der Waals surface area contributed by atoms with E-state index in [0.29, 0.717) is 34.6 Å². The van der Waals surface area contributed by atoms with E-state index in [0.717, 1.165) is 11.1 Å². The molecule has 0 bridgehead atoms. The van der Waals surface area contributed by atoms with E-state index in [1.54, 1.807) is 13.0 Å². The van der Waals surface area contributed by atoms with Gasteiger partial charge in [-0.15, -0.1) is 5.10 Å². The highest BCUT2D eigenvalue weighted by Crippen LogP contribution is 2.30. The fraction of sp³-hybridized carbons (Fsp3) is 0.333. The number of carbonyl (C=O) groups is 1. The van der Waals surface area contributed by atoms with Crippen molar-refractivity contribution < 1.29 is 13.9 Å². The Morgan fingerprint density at radius 1 is 1.27 bits per heavy atom. The molecule has 26 heavy (non-hydrogen) atoms. The Kier molecular flexibility index (Phi) is 4.75. The van der Waals surface area contributed by atoms with Gasteiger partial charge in [0.25, 0.3) is 5.91 Å². The summed E-state index contributed by atoms with van der Waals surface area (Å²) >= 11 is 0. The molecule has 1 amide bonds. The van der Waals surface area contributed by atoms with Crippen molar-refractivity contribution in [2.45, 2.75) is 34.2 Å². The number of anilines is 1. The maximum absolute atomic E-state index is 12.1. The molecule has 0 saturated carbocycles. The number of nitrogens with zero attached hydrogens (tertiary/aromatic N) is 3. The number of hydrogen-bond donors (Lipinski definition) is 1. The Morgan fingerprint density at radius 3 is 2.73 bits per heavy atom. The van der Waals surface area contributed by atoms with Crippen LogP contribution in [0.4, 0.5) is 5.82 Å². The molecule has 0 atom stereocenters. The number of aryl methyl sites for hydroxylation is 3. The second-order valence-electron chi connectivity index (χ2n) is 6.03. The monoisotopic (exact) mass is 356 g/mol. The average Bonchev–Trinajstić information content (AvgIpc) is 3.04. The van der Waals surface area contributed by atoms with Gasteiger partial charge in [-0.05, 0) is 51.0 Å². The summed E-state index contributed by atoms with van der Waals surface area (Å²) in [5.74, 6) is 0.513. The van der Waals surface area contributed by atoms with Crippen LogP contribution in [0, 0.1) is 20.8 Å². The Balaban J connectivity index is 1.83. The first-order valence-corrected chi connectivity index (χ1v) is 8.26. The molecule has 0 saturated heterocycles. The van der Waals surface area contributed by atoms with Crippen molar-refractivity contribution in [3.05, 3.63) is 45.4 Å². The number of carbonyl (C=O) groups excluding carboxylic acids is 1. The number of rotatable bonds is 5. The first-order chi connectivity index (χ1) is 12.4. The summed E-state index contributed by atoms with van der Waals surface area (Å²) in [4.78, 5) is 25.5. The zero-order valence-electron chi connectivity index (χ0n) is 15.1. The largest absolute Gasteiger partial charge is 0.483 e. The molecule has 0 aliphatic carbocycles. The van der Waals surface area contributed by atoms with Crippen LogP contribution >= 0.6 is 0 Å². The van der Waals surface area contributed by atoms with Crippen molar-refractivity contribution in [2.75, 3.05) is 11.9 Å². The van der Waals surface area contributed by atoms with Gasteiger partial charge in [0.1, 0.15) is 11.3 Å². The predicted octanol–water partition coefficient (Wildman–Crippen LogP) is 2.35.